The number of ether oxygens (including phenoxy) is 2. The second-order valence-electron chi connectivity index (χ2n) is 5.04. The first kappa shape index (κ1) is 20.1. The number of hydrogen-bond donors (Lipinski definition) is 5. The van der Waals surface area contributed by atoms with Crippen LogP contribution in [-0.4, -0.2) is 87.2 Å². The number of thioether (sulfide) groups is 1. The number of carbonyl (C=O) groups is 2. The van der Waals surface area contributed by atoms with Gasteiger partial charge in [0.05, 0.1) is 13.2 Å². The lowest BCUT2D eigenvalue weighted by Crippen LogP contribution is -2.57. The van der Waals surface area contributed by atoms with E-state index < -0.39 is 54.4 Å². The van der Waals surface area contributed by atoms with E-state index in [9.17, 15) is 24.9 Å². The summed E-state index contributed by atoms with van der Waals surface area (Å²) in [7, 11) is 0. The molecule has 1 fully saturated rings. The summed E-state index contributed by atoms with van der Waals surface area (Å²) in [5.74, 6) is -1.02. The number of amides is 1. The molecule has 1 rings (SSSR count). The number of hydrogen-bond acceptors (Lipinski definition) is 9. The summed E-state index contributed by atoms with van der Waals surface area (Å²) in [5.41, 5.74) is -0.976. The molecule has 23 heavy (non-hydrogen) atoms. The first-order valence-corrected chi connectivity index (χ1v) is 8.22. The maximum Gasteiger partial charge on any atom is 0.329 e. The van der Waals surface area contributed by atoms with Crippen LogP contribution in [0.2, 0.25) is 0 Å². The van der Waals surface area contributed by atoms with Gasteiger partial charge in [-0.3, -0.25) is 4.79 Å². The maximum absolute atomic E-state index is 11.8. The molecule has 0 aromatic heterocycles. The Hall–Kier alpha value is -0.910. The molecule has 1 heterocycles. The predicted molar refractivity (Wildman–Crippen MR) is 80.5 cm³/mol. The van der Waals surface area contributed by atoms with Crippen molar-refractivity contribution in [2.45, 2.75) is 49.7 Å². The number of aliphatic hydroxyl groups excluding tert-OH is 4. The van der Waals surface area contributed by atoms with Gasteiger partial charge in [0.2, 0.25) is 5.91 Å². The second-order valence-corrected chi connectivity index (χ2v) is 6.17. The zero-order valence-corrected chi connectivity index (χ0v) is 13.7. The lowest BCUT2D eigenvalue weighted by atomic mass is 10.0. The standard InChI is InChI=1S/C13H23NO8S/c1-3-21-12(20)7(14-6(2)16)5-23-13-11(19)10(18)9(17)8(4-15)22-13/h7-11,13,15,17-19H,3-5H2,1-2H3,(H,14,16)/t7-,8+,9+,10-,11+,13-/m0/s1. The molecule has 0 unspecified atom stereocenters. The Morgan fingerprint density at radius 3 is 2.43 bits per heavy atom. The quantitative estimate of drug-likeness (QED) is 0.316. The fourth-order valence-corrected chi connectivity index (χ4v) is 3.23. The van der Waals surface area contributed by atoms with Crippen LogP contribution >= 0.6 is 11.8 Å². The van der Waals surface area contributed by atoms with E-state index in [-0.39, 0.29) is 12.4 Å². The van der Waals surface area contributed by atoms with E-state index in [1.54, 1.807) is 6.92 Å². The smallest absolute Gasteiger partial charge is 0.329 e. The Bertz CT molecular complexity index is 407. The van der Waals surface area contributed by atoms with Crippen molar-refractivity contribution in [3.63, 3.8) is 0 Å². The van der Waals surface area contributed by atoms with Crippen LogP contribution in [0.3, 0.4) is 0 Å². The van der Waals surface area contributed by atoms with Crippen LogP contribution in [0, 0.1) is 0 Å². The predicted octanol–water partition coefficient (Wildman–Crippen LogP) is -2.41. The van der Waals surface area contributed by atoms with Gasteiger partial charge in [-0.2, -0.15) is 0 Å². The van der Waals surface area contributed by atoms with Gasteiger partial charge in [-0.1, -0.05) is 0 Å². The first-order chi connectivity index (χ1) is 10.8. The van der Waals surface area contributed by atoms with Crippen molar-refractivity contribution in [1.29, 1.82) is 0 Å². The topological polar surface area (TPSA) is 146 Å². The molecule has 134 valence electrons. The molecule has 0 aromatic rings. The van der Waals surface area contributed by atoms with Crippen LogP contribution in [0.25, 0.3) is 0 Å². The summed E-state index contributed by atoms with van der Waals surface area (Å²) in [5, 5.41) is 40.9. The third-order valence-corrected chi connectivity index (χ3v) is 4.47. The van der Waals surface area contributed by atoms with Crippen molar-refractivity contribution >= 4 is 23.6 Å². The molecule has 5 N–H and O–H groups in total. The third kappa shape index (κ3) is 5.59. The van der Waals surface area contributed by atoms with Gasteiger partial charge in [0.25, 0.3) is 0 Å². The van der Waals surface area contributed by atoms with E-state index >= 15 is 0 Å². The second kappa shape index (κ2) is 9.40. The van der Waals surface area contributed by atoms with Crippen LogP contribution in [-0.2, 0) is 19.1 Å². The molecule has 10 heteroatoms. The van der Waals surface area contributed by atoms with Gasteiger partial charge in [0.1, 0.15) is 35.9 Å². The van der Waals surface area contributed by atoms with E-state index in [2.05, 4.69) is 5.32 Å². The van der Waals surface area contributed by atoms with Crippen molar-refractivity contribution < 1.29 is 39.5 Å². The largest absolute Gasteiger partial charge is 0.464 e. The Kier molecular flexibility index (Phi) is 8.23. The fourth-order valence-electron chi connectivity index (χ4n) is 2.05. The minimum absolute atomic E-state index is 0.0289. The molecule has 0 saturated carbocycles. The molecule has 0 radical (unpaired) electrons. The fraction of sp³-hybridized carbons (Fsp3) is 0.846. The van der Waals surface area contributed by atoms with Crippen LogP contribution in [0.15, 0.2) is 0 Å². The molecule has 1 saturated heterocycles. The molecule has 1 aliphatic rings. The van der Waals surface area contributed by atoms with Crippen molar-refractivity contribution in [2.24, 2.45) is 0 Å². The summed E-state index contributed by atoms with van der Waals surface area (Å²) in [6, 6.07) is -0.940. The molecule has 0 aromatic carbocycles. The van der Waals surface area contributed by atoms with Crippen LogP contribution < -0.4 is 5.32 Å². The zero-order valence-electron chi connectivity index (χ0n) is 12.9. The first-order valence-electron chi connectivity index (χ1n) is 7.17. The van der Waals surface area contributed by atoms with Gasteiger partial charge in [0, 0.05) is 12.7 Å². The molecule has 1 amide bonds. The van der Waals surface area contributed by atoms with Crippen LogP contribution in [0.1, 0.15) is 13.8 Å². The van der Waals surface area contributed by atoms with Crippen molar-refractivity contribution in [1.82, 2.24) is 5.32 Å². The average Bonchev–Trinajstić information content (AvgIpc) is 2.50. The minimum atomic E-state index is -1.49. The van der Waals surface area contributed by atoms with Gasteiger partial charge >= 0.3 is 5.97 Å². The summed E-state index contributed by atoms with van der Waals surface area (Å²) >= 11 is 0.965. The molecule has 6 atom stereocenters. The zero-order chi connectivity index (χ0) is 17.6. The van der Waals surface area contributed by atoms with E-state index in [0.717, 1.165) is 11.8 Å². The van der Waals surface area contributed by atoms with Crippen molar-refractivity contribution in [2.75, 3.05) is 19.0 Å². The lowest BCUT2D eigenvalue weighted by Gasteiger charge is -2.39. The molecule has 0 spiro atoms. The lowest BCUT2D eigenvalue weighted by molar-refractivity contribution is -0.205. The molecular formula is C13H23NO8S. The number of nitrogens with one attached hydrogen (secondary N) is 1. The maximum atomic E-state index is 11.8. The number of aliphatic hydroxyl groups is 4. The van der Waals surface area contributed by atoms with Crippen molar-refractivity contribution in [3.05, 3.63) is 0 Å². The molecular weight excluding hydrogens is 330 g/mol. The highest BCUT2D eigenvalue weighted by Gasteiger charge is 2.44. The minimum Gasteiger partial charge on any atom is -0.464 e. The summed E-state index contributed by atoms with van der Waals surface area (Å²) in [6.45, 7) is 2.51. The van der Waals surface area contributed by atoms with Gasteiger partial charge in [-0.05, 0) is 6.92 Å². The third-order valence-electron chi connectivity index (χ3n) is 3.22. The molecule has 0 aliphatic carbocycles. The van der Waals surface area contributed by atoms with E-state index in [0.29, 0.717) is 0 Å². The van der Waals surface area contributed by atoms with Gasteiger partial charge in [-0.15, -0.1) is 11.8 Å². The highest BCUT2D eigenvalue weighted by Crippen LogP contribution is 2.28. The number of carbonyl (C=O) groups excluding carboxylic acids is 2. The van der Waals surface area contributed by atoms with E-state index in [1.807, 2.05) is 0 Å². The van der Waals surface area contributed by atoms with Crippen LogP contribution in [0.4, 0.5) is 0 Å². The molecule has 1 aliphatic heterocycles. The number of esters is 1. The van der Waals surface area contributed by atoms with E-state index in [4.69, 9.17) is 14.6 Å². The van der Waals surface area contributed by atoms with Gasteiger partial charge in [0.15, 0.2) is 0 Å². The average molecular weight is 353 g/mol. The Labute approximate surface area is 138 Å². The van der Waals surface area contributed by atoms with Gasteiger partial charge in [-0.25, -0.2) is 4.79 Å². The normalized spacial score (nSPS) is 32.2. The SMILES string of the molecule is CCOC(=O)[C@H](CS[C@@H]1O[C@H](CO)[C@@H](O)[C@H](O)[C@H]1O)NC(C)=O. The van der Waals surface area contributed by atoms with Gasteiger partial charge < -0.3 is 35.2 Å². The van der Waals surface area contributed by atoms with Crippen molar-refractivity contribution in [3.8, 4) is 0 Å². The Morgan fingerprint density at radius 1 is 1.26 bits per heavy atom. The Morgan fingerprint density at radius 2 is 1.91 bits per heavy atom. The highest BCUT2D eigenvalue weighted by molar-refractivity contribution is 7.99. The Balaban J connectivity index is 2.67. The highest BCUT2D eigenvalue weighted by atomic mass is 32.2. The molecule has 9 nitrogen and oxygen atoms in total. The molecule has 0 bridgehead atoms. The summed E-state index contributed by atoms with van der Waals surface area (Å²) < 4.78 is 10.2. The van der Waals surface area contributed by atoms with E-state index in [1.165, 1.54) is 6.92 Å². The summed E-state index contributed by atoms with van der Waals surface area (Å²) in [6.07, 6.45) is -5.35. The monoisotopic (exact) mass is 353 g/mol. The summed E-state index contributed by atoms with van der Waals surface area (Å²) in [4.78, 5) is 22.9. The number of rotatable bonds is 7. The van der Waals surface area contributed by atoms with Crippen LogP contribution in [0.5, 0.6) is 0 Å².